The molecule has 0 aliphatic heterocycles. The van der Waals surface area contributed by atoms with Crippen LogP contribution < -0.4 is 10.0 Å². The van der Waals surface area contributed by atoms with Crippen LogP contribution in [0, 0.1) is 5.82 Å². The third kappa shape index (κ3) is 5.41. The van der Waals surface area contributed by atoms with Crippen LogP contribution in [0.3, 0.4) is 0 Å². The average Bonchev–Trinajstić information content (AvgIpc) is 2.60. The fraction of sp³-hybridized carbons (Fsp3) is 0.368. The molecule has 0 fully saturated rings. The molecule has 0 saturated heterocycles. The lowest BCUT2D eigenvalue weighted by molar-refractivity contribution is 0.345. The Bertz CT molecular complexity index is 752. The molecule has 0 aliphatic carbocycles. The summed E-state index contributed by atoms with van der Waals surface area (Å²) in [5.41, 5.74) is 1.66. The maximum Gasteiger partial charge on any atom is 0.229 e. The molecule has 0 radical (unpaired) electrons. The summed E-state index contributed by atoms with van der Waals surface area (Å²) in [6.45, 7) is 7.50. The Balaban J connectivity index is 2.35. The van der Waals surface area contributed by atoms with Crippen molar-refractivity contribution in [3.8, 4) is 0 Å². The maximum absolute atomic E-state index is 13.3. The number of benzene rings is 2. The minimum Gasteiger partial charge on any atom is -0.598 e. The Hall–Kier alpha value is -1.17. The maximum atomic E-state index is 13.3. The Labute approximate surface area is 157 Å². The molecule has 0 aliphatic rings. The Kier molecular flexibility index (Phi) is 7.44. The van der Waals surface area contributed by atoms with Gasteiger partial charge in [0, 0.05) is 23.3 Å². The summed E-state index contributed by atoms with van der Waals surface area (Å²) in [4.78, 5) is 0. The highest BCUT2D eigenvalue weighted by Crippen LogP contribution is 2.41. The monoisotopic (exact) mass is 397 g/mol. The number of hydrogen-bond acceptors (Lipinski definition) is 4. The zero-order valence-electron chi connectivity index (χ0n) is 15.4. The van der Waals surface area contributed by atoms with Crippen LogP contribution in [0.4, 0.5) is 4.39 Å². The third-order valence-electron chi connectivity index (χ3n) is 3.94. The second-order valence-corrected chi connectivity index (χ2v) is 10.5. The fourth-order valence-corrected chi connectivity index (χ4v) is 4.60. The van der Waals surface area contributed by atoms with E-state index in [-0.39, 0.29) is 17.1 Å². The van der Waals surface area contributed by atoms with E-state index in [2.05, 4.69) is 4.72 Å². The van der Waals surface area contributed by atoms with Crippen molar-refractivity contribution in [2.45, 2.75) is 32.1 Å². The van der Waals surface area contributed by atoms with Gasteiger partial charge < -0.3 is 9.08 Å². The van der Waals surface area contributed by atoms with Gasteiger partial charge in [-0.25, -0.2) is 4.39 Å². The zero-order valence-corrected chi connectivity index (χ0v) is 17.1. The van der Waals surface area contributed by atoms with E-state index in [1.807, 2.05) is 26.0 Å². The van der Waals surface area contributed by atoms with Gasteiger partial charge in [-0.3, -0.25) is 4.57 Å². The SMILES string of the molecule is CCOP(C)(=O)c1ccc([C@H](N[S+]([O-])C(C)C)c2ccc(F)cc2)cc1. The summed E-state index contributed by atoms with van der Waals surface area (Å²) in [5, 5.41) is 0.567. The van der Waals surface area contributed by atoms with Crippen molar-refractivity contribution in [2.24, 2.45) is 0 Å². The molecule has 2 unspecified atom stereocenters. The van der Waals surface area contributed by atoms with Crippen LogP contribution >= 0.6 is 7.37 Å². The zero-order chi connectivity index (χ0) is 19.3. The first-order chi connectivity index (χ1) is 12.2. The van der Waals surface area contributed by atoms with Crippen molar-refractivity contribution in [3.05, 3.63) is 65.5 Å². The lowest BCUT2D eigenvalue weighted by Gasteiger charge is -2.23. The molecule has 0 heterocycles. The van der Waals surface area contributed by atoms with Gasteiger partial charge in [-0.2, -0.15) is 0 Å². The molecule has 2 rings (SSSR count). The first kappa shape index (κ1) is 21.1. The normalized spacial score (nSPS) is 16.3. The molecule has 0 bridgehead atoms. The molecule has 4 nitrogen and oxygen atoms in total. The molecular weight excluding hydrogens is 372 g/mol. The van der Waals surface area contributed by atoms with Gasteiger partial charge in [-0.15, -0.1) is 4.72 Å². The van der Waals surface area contributed by atoms with Gasteiger partial charge in [0.15, 0.2) is 0 Å². The van der Waals surface area contributed by atoms with E-state index >= 15 is 0 Å². The molecule has 7 heteroatoms. The molecule has 2 aromatic carbocycles. The number of halogens is 1. The molecule has 26 heavy (non-hydrogen) atoms. The first-order valence-electron chi connectivity index (χ1n) is 8.49. The van der Waals surface area contributed by atoms with Crippen LogP contribution in [0.2, 0.25) is 0 Å². The Morgan fingerprint density at radius 3 is 2.08 bits per heavy atom. The van der Waals surface area contributed by atoms with Gasteiger partial charge in [-0.1, -0.05) is 24.3 Å². The van der Waals surface area contributed by atoms with Crippen molar-refractivity contribution in [1.82, 2.24) is 4.72 Å². The van der Waals surface area contributed by atoms with Crippen molar-refractivity contribution in [1.29, 1.82) is 0 Å². The largest absolute Gasteiger partial charge is 0.598 e. The van der Waals surface area contributed by atoms with Gasteiger partial charge in [0.25, 0.3) is 0 Å². The predicted molar refractivity (Wildman–Crippen MR) is 106 cm³/mol. The van der Waals surface area contributed by atoms with E-state index in [9.17, 15) is 13.5 Å². The van der Waals surface area contributed by atoms with Crippen LogP contribution in [-0.4, -0.2) is 23.1 Å². The second kappa shape index (κ2) is 9.16. The number of rotatable bonds is 8. The van der Waals surface area contributed by atoms with E-state index < -0.39 is 18.7 Å². The fourth-order valence-electron chi connectivity index (χ4n) is 2.49. The molecule has 3 atom stereocenters. The Morgan fingerprint density at radius 2 is 1.62 bits per heavy atom. The van der Waals surface area contributed by atoms with Crippen molar-refractivity contribution in [2.75, 3.05) is 13.3 Å². The molecule has 0 amide bonds. The molecule has 142 valence electrons. The molecule has 1 N–H and O–H groups in total. The van der Waals surface area contributed by atoms with E-state index in [4.69, 9.17) is 4.52 Å². The van der Waals surface area contributed by atoms with Crippen LogP contribution in [-0.2, 0) is 20.5 Å². The summed E-state index contributed by atoms with van der Waals surface area (Å²) >= 11 is -1.26. The predicted octanol–water partition coefficient (Wildman–Crippen LogP) is 4.15. The Morgan fingerprint density at radius 1 is 1.12 bits per heavy atom. The third-order valence-corrected chi connectivity index (χ3v) is 7.25. The van der Waals surface area contributed by atoms with Gasteiger partial charge in [0.05, 0.1) is 6.61 Å². The average molecular weight is 397 g/mol. The van der Waals surface area contributed by atoms with Crippen LogP contribution in [0.5, 0.6) is 0 Å². The molecular formula is C19H25FNO3PS. The highest BCUT2D eigenvalue weighted by Gasteiger charge is 2.24. The summed E-state index contributed by atoms with van der Waals surface area (Å²) < 4.78 is 46.6. The summed E-state index contributed by atoms with van der Waals surface area (Å²) in [5.74, 6) is -0.323. The molecule has 0 aromatic heterocycles. The summed E-state index contributed by atoms with van der Waals surface area (Å²) in [6.07, 6.45) is 0. The molecule has 0 spiro atoms. The summed E-state index contributed by atoms with van der Waals surface area (Å²) in [6, 6.07) is 12.9. The first-order valence-corrected chi connectivity index (χ1v) is 11.8. The standard InChI is InChI=1S/C19H25FNO3PS/c1-5-24-25(4,22)18-12-8-16(9-13-18)19(21-26(23)14(2)3)15-6-10-17(20)11-7-15/h6-14,19,21H,5H2,1-4H3/t19-,25?,26?/m1/s1. The molecule has 0 saturated carbocycles. The summed E-state index contributed by atoms with van der Waals surface area (Å²) in [7, 11) is -2.85. The van der Waals surface area contributed by atoms with E-state index in [0.717, 1.165) is 11.1 Å². The highest BCUT2D eigenvalue weighted by atomic mass is 32.2. The quantitative estimate of drug-likeness (QED) is 0.537. The molecule has 2 aromatic rings. The topological polar surface area (TPSA) is 61.4 Å². The minimum absolute atomic E-state index is 0.0639. The van der Waals surface area contributed by atoms with E-state index in [0.29, 0.717) is 11.9 Å². The van der Waals surface area contributed by atoms with Gasteiger partial charge in [-0.05, 0) is 56.2 Å². The van der Waals surface area contributed by atoms with Gasteiger partial charge >= 0.3 is 0 Å². The van der Waals surface area contributed by atoms with Gasteiger partial charge in [0.2, 0.25) is 7.37 Å². The van der Waals surface area contributed by atoms with Crippen molar-refractivity contribution < 1.29 is 18.0 Å². The van der Waals surface area contributed by atoms with Crippen molar-refractivity contribution in [3.63, 3.8) is 0 Å². The van der Waals surface area contributed by atoms with E-state index in [1.165, 1.54) is 12.1 Å². The van der Waals surface area contributed by atoms with Crippen molar-refractivity contribution >= 4 is 24.0 Å². The number of nitrogens with one attached hydrogen (secondary N) is 1. The lowest BCUT2D eigenvalue weighted by atomic mass is 10.00. The van der Waals surface area contributed by atoms with E-state index in [1.54, 1.807) is 37.9 Å². The van der Waals surface area contributed by atoms with Crippen LogP contribution in [0.1, 0.15) is 37.9 Å². The smallest absolute Gasteiger partial charge is 0.229 e. The second-order valence-electron chi connectivity index (χ2n) is 6.30. The minimum atomic E-state index is -2.85. The van der Waals surface area contributed by atoms with Crippen LogP contribution in [0.25, 0.3) is 0 Å². The highest BCUT2D eigenvalue weighted by molar-refractivity contribution is 7.90. The van der Waals surface area contributed by atoms with Crippen LogP contribution in [0.15, 0.2) is 48.5 Å². The lowest BCUT2D eigenvalue weighted by Crippen LogP contribution is -2.34. The van der Waals surface area contributed by atoms with Gasteiger partial charge in [0.1, 0.15) is 17.1 Å². The number of hydrogen-bond donors (Lipinski definition) is 1.